The smallest absolute Gasteiger partial charge is 0.209 e. The van der Waals surface area contributed by atoms with Crippen LogP contribution < -0.4 is 19.1 Å². The van der Waals surface area contributed by atoms with E-state index in [0.29, 0.717) is 0 Å². The van der Waals surface area contributed by atoms with E-state index >= 15 is 0 Å². The van der Waals surface area contributed by atoms with Gasteiger partial charge in [-0.1, -0.05) is 12.1 Å². The predicted octanol–water partition coefficient (Wildman–Crippen LogP) is 2.25. The lowest BCUT2D eigenvalue weighted by molar-refractivity contribution is -0.888. The Morgan fingerprint density at radius 2 is 1.83 bits per heavy atom. The fraction of sp³-hybridized carbons (Fsp3) is 0.435. The molecule has 1 N–H and O–H groups in total. The van der Waals surface area contributed by atoms with E-state index in [0.717, 1.165) is 66.4 Å². The molecule has 6 heteroatoms. The van der Waals surface area contributed by atoms with Gasteiger partial charge in [-0.25, -0.2) is 5.01 Å². The molecule has 0 radical (unpaired) electrons. The SMILES string of the molecule is COc1ccc(C2=NN3[C@@H](C2)c2cccc(OC)c2OC32CC[NH+](C)CC2)cc1. The van der Waals surface area contributed by atoms with Crippen molar-refractivity contribution in [2.45, 2.75) is 31.0 Å². The van der Waals surface area contributed by atoms with Crippen molar-refractivity contribution in [1.82, 2.24) is 5.01 Å². The summed E-state index contributed by atoms with van der Waals surface area (Å²) in [4.78, 5) is 1.54. The number of likely N-dealkylation sites (tertiary alicyclic amines) is 1. The number of nitrogens with zero attached hydrogens (tertiary/aromatic N) is 2. The van der Waals surface area contributed by atoms with Crippen molar-refractivity contribution in [3.05, 3.63) is 53.6 Å². The second kappa shape index (κ2) is 6.95. The Bertz CT molecular complexity index is 933. The largest absolute Gasteiger partial charge is 0.497 e. The third-order valence-corrected chi connectivity index (χ3v) is 6.52. The number of para-hydroxylation sites is 1. The number of ether oxygens (including phenoxy) is 3. The minimum atomic E-state index is -0.403. The van der Waals surface area contributed by atoms with Crippen molar-refractivity contribution in [3.63, 3.8) is 0 Å². The highest BCUT2D eigenvalue weighted by atomic mass is 16.5. The summed E-state index contributed by atoms with van der Waals surface area (Å²) in [6, 6.07) is 14.5. The Balaban J connectivity index is 1.57. The summed E-state index contributed by atoms with van der Waals surface area (Å²) in [5.41, 5.74) is 2.99. The highest BCUT2D eigenvalue weighted by Crippen LogP contribution is 2.52. The molecule has 0 saturated carbocycles. The monoisotopic (exact) mass is 394 g/mol. The van der Waals surface area contributed by atoms with Gasteiger partial charge in [0, 0.05) is 12.0 Å². The van der Waals surface area contributed by atoms with E-state index in [2.05, 4.69) is 30.3 Å². The third kappa shape index (κ3) is 2.94. The van der Waals surface area contributed by atoms with Gasteiger partial charge in [0.2, 0.25) is 5.72 Å². The normalized spacial score (nSPS) is 27.7. The van der Waals surface area contributed by atoms with E-state index in [1.807, 2.05) is 24.3 Å². The summed E-state index contributed by atoms with van der Waals surface area (Å²) in [7, 11) is 5.65. The molecular formula is C23H28N3O3+. The zero-order valence-electron chi connectivity index (χ0n) is 17.3. The topological polar surface area (TPSA) is 47.7 Å². The lowest BCUT2D eigenvalue weighted by Gasteiger charge is -2.49. The molecule has 0 unspecified atom stereocenters. The van der Waals surface area contributed by atoms with Gasteiger partial charge < -0.3 is 19.1 Å². The first-order chi connectivity index (χ1) is 14.1. The minimum absolute atomic E-state index is 0.171. The number of nitrogens with one attached hydrogen (secondary N) is 1. The first-order valence-electron chi connectivity index (χ1n) is 10.3. The van der Waals surface area contributed by atoms with Crippen molar-refractivity contribution in [3.8, 4) is 17.2 Å². The van der Waals surface area contributed by atoms with Crippen molar-refractivity contribution >= 4 is 5.71 Å². The fourth-order valence-electron chi connectivity index (χ4n) is 4.79. The molecule has 1 atom stereocenters. The number of methoxy groups -OCH3 is 2. The summed E-state index contributed by atoms with van der Waals surface area (Å²) in [5.74, 6) is 2.56. The van der Waals surface area contributed by atoms with Crippen molar-refractivity contribution < 1.29 is 19.1 Å². The second-order valence-corrected chi connectivity index (χ2v) is 8.22. The molecule has 3 heterocycles. The van der Waals surface area contributed by atoms with Crippen LogP contribution in [0.4, 0.5) is 0 Å². The Morgan fingerprint density at radius 1 is 1.07 bits per heavy atom. The van der Waals surface area contributed by atoms with Gasteiger partial charge in [0.05, 0.1) is 59.0 Å². The molecule has 2 aromatic rings. The maximum Gasteiger partial charge on any atom is 0.209 e. The summed E-state index contributed by atoms with van der Waals surface area (Å²) < 4.78 is 17.7. The maximum atomic E-state index is 6.73. The number of benzene rings is 2. The van der Waals surface area contributed by atoms with Gasteiger partial charge in [0.25, 0.3) is 0 Å². The summed E-state index contributed by atoms with van der Waals surface area (Å²) in [6.07, 6.45) is 2.76. The Kier molecular flexibility index (Phi) is 4.39. The summed E-state index contributed by atoms with van der Waals surface area (Å²) in [5, 5.41) is 7.38. The van der Waals surface area contributed by atoms with Gasteiger partial charge in [0.15, 0.2) is 11.5 Å². The molecular weight excluding hydrogens is 366 g/mol. The molecule has 1 fully saturated rings. The second-order valence-electron chi connectivity index (χ2n) is 8.22. The zero-order chi connectivity index (χ0) is 20.0. The molecule has 1 saturated heterocycles. The highest BCUT2D eigenvalue weighted by Gasteiger charge is 2.53. The van der Waals surface area contributed by atoms with Crippen LogP contribution in [0.15, 0.2) is 47.6 Å². The molecule has 5 rings (SSSR count). The molecule has 3 aliphatic rings. The molecule has 29 heavy (non-hydrogen) atoms. The number of hydrogen-bond acceptors (Lipinski definition) is 5. The first-order valence-corrected chi connectivity index (χ1v) is 10.3. The van der Waals surface area contributed by atoms with Crippen molar-refractivity contribution in [2.75, 3.05) is 34.4 Å². The molecule has 6 nitrogen and oxygen atoms in total. The number of hydrogen-bond donors (Lipinski definition) is 1. The lowest BCUT2D eigenvalue weighted by Crippen LogP contribution is -3.11. The van der Waals surface area contributed by atoms with Crippen LogP contribution in [0.1, 0.15) is 36.4 Å². The minimum Gasteiger partial charge on any atom is -0.497 e. The number of rotatable bonds is 3. The van der Waals surface area contributed by atoms with Crippen LogP contribution >= 0.6 is 0 Å². The van der Waals surface area contributed by atoms with E-state index < -0.39 is 5.72 Å². The quantitative estimate of drug-likeness (QED) is 0.868. The van der Waals surface area contributed by atoms with Gasteiger partial charge in [-0.05, 0) is 35.9 Å². The fourth-order valence-corrected chi connectivity index (χ4v) is 4.79. The highest BCUT2D eigenvalue weighted by molar-refractivity contribution is 6.02. The van der Waals surface area contributed by atoms with Crippen molar-refractivity contribution in [2.24, 2.45) is 5.10 Å². The van der Waals surface area contributed by atoms with Gasteiger partial charge in [-0.15, -0.1) is 0 Å². The van der Waals surface area contributed by atoms with E-state index in [1.165, 1.54) is 0 Å². The first kappa shape index (κ1) is 18.3. The van der Waals surface area contributed by atoms with Gasteiger partial charge in [-0.3, -0.25) is 0 Å². The molecule has 2 aromatic carbocycles. The van der Waals surface area contributed by atoms with Crippen LogP contribution in [0.3, 0.4) is 0 Å². The van der Waals surface area contributed by atoms with E-state index in [1.54, 1.807) is 19.1 Å². The van der Waals surface area contributed by atoms with Crippen LogP contribution in [0.5, 0.6) is 17.2 Å². The standard InChI is InChI=1S/C23H27N3O3/c1-25-13-11-23(12-14-25)26-20(18-5-4-6-21(28-3)22(18)29-23)15-19(24-26)16-7-9-17(27-2)10-8-16/h4-10,20H,11-15H2,1-3H3/p+1/t20-/m0/s1. The molecule has 1 spiro atoms. The van der Waals surface area contributed by atoms with Crippen LogP contribution in [0, 0.1) is 0 Å². The van der Waals surface area contributed by atoms with E-state index in [-0.39, 0.29) is 6.04 Å². The Morgan fingerprint density at radius 3 is 2.52 bits per heavy atom. The molecule has 0 bridgehead atoms. The number of piperidine rings is 1. The van der Waals surface area contributed by atoms with Gasteiger partial charge in [0.1, 0.15) is 5.75 Å². The molecule has 152 valence electrons. The number of fused-ring (bicyclic) bond motifs is 4. The van der Waals surface area contributed by atoms with Crippen LogP contribution in [0.25, 0.3) is 0 Å². The van der Waals surface area contributed by atoms with Crippen LogP contribution in [-0.4, -0.2) is 50.8 Å². The van der Waals surface area contributed by atoms with Gasteiger partial charge >= 0.3 is 0 Å². The Hall–Kier alpha value is -2.73. The number of quaternary nitrogens is 1. The third-order valence-electron chi connectivity index (χ3n) is 6.52. The lowest BCUT2D eigenvalue weighted by atomic mass is 9.90. The molecule has 0 aliphatic carbocycles. The molecule has 3 aliphatic heterocycles. The molecule has 0 aromatic heterocycles. The van der Waals surface area contributed by atoms with E-state index in [4.69, 9.17) is 19.3 Å². The summed E-state index contributed by atoms with van der Waals surface area (Å²) >= 11 is 0. The maximum absolute atomic E-state index is 6.73. The zero-order valence-corrected chi connectivity index (χ0v) is 17.3. The average molecular weight is 394 g/mol. The van der Waals surface area contributed by atoms with Crippen molar-refractivity contribution in [1.29, 1.82) is 0 Å². The van der Waals surface area contributed by atoms with Crippen LogP contribution in [0.2, 0.25) is 0 Å². The van der Waals surface area contributed by atoms with E-state index in [9.17, 15) is 0 Å². The number of hydrazone groups is 1. The predicted molar refractivity (Wildman–Crippen MR) is 111 cm³/mol. The molecule has 0 amide bonds. The Labute approximate surface area is 171 Å². The average Bonchev–Trinajstić information content (AvgIpc) is 3.22. The van der Waals surface area contributed by atoms with Gasteiger partial charge in [-0.2, -0.15) is 5.10 Å². The summed E-state index contributed by atoms with van der Waals surface area (Å²) in [6.45, 7) is 2.14. The van der Waals surface area contributed by atoms with Crippen LogP contribution in [-0.2, 0) is 0 Å².